The minimum atomic E-state index is 0.266. The molecule has 0 aliphatic carbocycles. The number of aromatic hydroxyl groups is 1. The van der Waals surface area contributed by atoms with E-state index in [2.05, 4.69) is 10.3 Å². The monoisotopic (exact) mass is 368 g/mol. The van der Waals surface area contributed by atoms with Crippen molar-refractivity contribution >= 4 is 11.6 Å². The number of hydrogen-bond acceptors (Lipinski definition) is 4. The predicted octanol–water partition coefficient (Wildman–Crippen LogP) is 4.45. The predicted molar refractivity (Wildman–Crippen MR) is 105 cm³/mol. The molecular formula is C21H21ClN2O2. The third kappa shape index (κ3) is 4.54. The minimum Gasteiger partial charge on any atom is -0.508 e. The van der Waals surface area contributed by atoms with Crippen LogP contribution in [0, 0.1) is 0 Å². The zero-order valence-corrected chi connectivity index (χ0v) is 15.3. The van der Waals surface area contributed by atoms with E-state index in [0.717, 1.165) is 40.4 Å². The zero-order chi connectivity index (χ0) is 18.4. The molecule has 0 fully saturated rings. The van der Waals surface area contributed by atoms with E-state index in [1.807, 2.05) is 48.5 Å². The maximum Gasteiger partial charge on any atom is 0.213 e. The second-order valence-electron chi connectivity index (χ2n) is 5.93. The Morgan fingerprint density at radius 2 is 1.88 bits per heavy atom. The quantitative estimate of drug-likeness (QED) is 0.605. The maximum absolute atomic E-state index is 10.1. The lowest BCUT2D eigenvalue weighted by Gasteiger charge is -2.10. The van der Waals surface area contributed by atoms with Crippen molar-refractivity contribution in [3.8, 4) is 22.9 Å². The Balaban J connectivity index is 1.65. The number of hydrogen-bond donors (Lipinski definition) is 2. The third-order valence-corrected chi connectivity index (χ3v) is 4.52. The van der Waals surface area contributed by atoms with Crippen molar-refractivity contribution in [1.29, 1.82) is 0 Å². The lowest BCUT2D eigenvalue weighted by molar-refractivity contribution is 0.398. The van der Waals surface area contributed by atoms with Crippen LogP contribution in [0.25, 0.3) is 11.3 Å². The molecule has 1 aromatic heterocycles. The molecule has 0 atom stereocenters. The SMILES string of the molecule is COc1cccc(-c2ccc(O)c(CNCCc3ccccc3Cl)c2)n1. The Bertz CT molecular complexity index is 883. The van der Waals surface area contributed by atoms with Gasteiger partial charge in [0.25, 0.3) is 0 Å². The summed E-state index contributed by atoms with van der Waals surface area (Å²) in [6.07, 6.45) is 0.831. The lowest BCUT2D eigenvalue weighted by atomic mass is 10.1. The van der Waals surface area contributed by atoms with Gasteiger partial charge in [-0.05, 0) is 48.9 Å². The fraction of sp³-hybridized carbons (Fsp3) is 0.190. The van der Waals surface area contributed by atoms with E-state index in [0.29, 0.717) is 12.4 Å². The van der Waals surface area contributed by atoms with Gasteiger partial charge in [-0.2, -0.15) is 0 Å². The fourth-order valence-corrected chi connectivity index (χ4v) is 2.95. The zero-order valence-electron chi connectivity index (χ0n) is 14.6. The summed E-state index contributed by atoms with van der Waals surface area (Å²) in [5, 5.41) is 14.3. The number of phenols is 1. The Hall–Kier alpha value is -2.56. The third-order valence-electron chi connectivity index (χ3n) is 4.15. The highest BCUT2D eigenvalue weighted by Gasteiger charge is 2.07. The average molecular weight is 369 g/mol. The standard InChI is InChI=1S/C21H21ClN2O2/c1-26-21-8-4-7-19(24-21)16-9-10-20(25)17(13-16)14-23-12-11-15-5-2-3-6-18(15)22/h2-10,13,23,25H,11-12,14H2,1H3. The van der Waals surface area contributed by atoms with Crippen molar-refractivity contribution in [3.63, 3.8) is 0 Å². The second kappa shape index (κ2) is 8.70. The molecule has 2 N–H and O–H groups in total. The van der Waals surface area contributed by atoms with Gasteiger partial charge in [0.15, 0.2) is 0 Å². The maximum atomic E-state index is 10.1. The van der Waals surface area contributed by atoms with E-state index in [1.54, 1.807) is 19.2 Å². The van der Waals surface area contributed by atoms with Gasteiger partial charge in [0.2, 0.25) is 5.88 Å². The number of rotatable bonds is 7. The summed E-state index contributed by atoms with van der Waals surface area (Å²) in [7, 11) is 1.59. The van der Waals surface area contributed by atoms with Crippen LogP contribution in [0.4, 0.5) is 0 Å². The molecule has 0 spiro atoms. The summed E-state index contributed by atoms with van der Waals surface area (Å²) in [5.74, 6) is 0.830. The van der Waals surface area contributed by atoms with Gasteiger partial charge < -0.3 is 15.2 Å². The molecule has 1 heterocycles. The minimum absolute atomic E-state index is 0.266. The van der Waals surface area contributed by atoms with Gasteiger partial charge in [-0.15, -0.1) is 0 Å². The van der Waals surface area contributed by atoms with Crippen LogP contribution in [-0.2, 0) is 13.0 Å². The van der Waals surface area contributed by atoms with Crippen LogP contribution < -0.4 is 10.1 Å². The van der Waals surface area contributed by atoms with Crippen LogP contribution in [0.1, 0.15) is 11.1 Å². The van der Waals surface area contributed by atoms with Crippen LogP contribution in [0.3, 0.4) is 0 Å². The van der Waals surface area contributed by atoms with E-state index in [4.69, 9.17) is 16.3 Å². The van der Waals surface area contributed by atoms with Crippen molar-refractivity contribution in [1.82, 2.24) is 10.3 Å². The molecule has 0 unspecified atom stereocenters. The van der Waals surface area contributed by atoms with E-state index in [1.165, 1.54) is 0 Å². The number of benzene rings is 2. The summed E-state index contributed by atoms with van der Waals surface area (Å²) >= 11 is 6.17. The molecular weight excluding hydrogens is 348 g/mol. The number of nitrogens with zero attached hydrogens (tertiary/aromatic N) is 1. The first kappa shape index (κ1) is 18.2. The number of phenolic OH excluding ortho intramolecular Hbond substituents is 1. The Morgan fingerprint density at radius 1 is 1.04 bits per heavy atom. The van der Waals surface area contributed by atoms with Crippen LogP contribution in [0.5, 0.6) is 11.6 Å². The normalized spacial score (nSPS) is 10.7. The van der Waals surface area contributed by atoms with E-state index in [9.17, 15) is 5.11 Å². The summed E-state index contributed by atoms with van der Waals surface area (Å²) in [5.41, 5.74) is 3.68. The molecule has 134 valence electrons. The molecule has 0 aliphatic rings. The summed E-state index contributed by atoms with van der Waals surface area (Å²) < 4.78 is 5.18. The smallest absolute Gasteiger partial charge is 0.213 e. The molecule has 4 nitrogen and oxygen atoms in total. The summed E-state index contributed by atoms with van der Waals surface area (Å²) in [6.45, 7) is 1.33. The topological polar surface area (TPSA) is 54.4 Å². The second-order valence-corrected chi connectivity index (χ2v) is 6.33. The van der Waals surface area contributed by atoms with Gasteiger partial charge in [0, 0.05) is 28.8 Å². The van der Waals surface area contributed by atoms with Gasteiger partial charge in [0.05, 0.1) is 12.8 Å². The van der Waals surface area contributed by atoms with E-state index in [-0.39, 0.29) is 5.75 Å². The van der Waals surface area contributed by atoms with Gasteiger partial charge in [-0.1, -0.05) is 35.9 Å². The van der Waals surface area contributed by atoms with Crippen LogP contribution in [0.2, 0.25) is 5.02 Å². The molecule has 3 rings (SSSR count). The Labute approximate surface area is 158 Å². The van der Waals surface area contributed by atoms with Gasteiger partial charge in [0.1, 0.15) is 5.75 Å². The first-order valence-corrected chi connectivity index (χ1v) is 8.82. The number of aromatic nitrogens is 1. The van der Waals surface area contributed by atoms with Crippen molar-refractivity contribution in [2.24, 2.45) is 0 Å². The van der Waals surface area contributed by atoms with Crippen LogP contribution >= 0.6 is 11.6 Å². The van der Waals surface area contributed by atoms with Gasteiger partial charge in [-0.25, -0.2) is 4.98 Å². The molecule has 5 heteroatoms. The van der Waals surface area contributed by atoms with Crippen molar-refractivity contribution in [2.75, 3.05) is 13.7 Å². The van der Waals surface area contributed by atoms with Crippen molar-refractivity contribution in [3.05, 3.63) is 76.8 Å². The number of halogens is 1. The van der Waals surface area contributed by atoms with Gasteiger partial charge >= 0.3 is 0 Å². The number of nitrogens with one attached hydrogen (secondary N) is 1. The Morgan fingerprint density at radius 3 is 2.69 bits per heavy atom. The van der Waals surface area contributed by atoms with Crippen LogP contribution in [-0.4, -0.2) is 23.7 Å². The largest absolute Gasteiger partial charge is 0.508 e. The van der Waals surface area contributed by atoms with Gasteiger partial charge in [-0.3, -0.25) is 0 Å². The molecule has 0 saturated carbocycles. The lowest BCUT2D eigenvalue weighted by Crippen LogP contribution is -2.17. The fourth-order valence-electron chi connectivity index (χ4n) is 2.72. The molecule has 0 saturated heterocycles. The molecule has 0 amide bonds. The number of methoxy groups -OCH3 is 1. The molecule has 2 aromatic carbocycles. The summed E-state index contributed by atoms with van der Waals surface area (Å²) in [4.78, 5) is 4.44. The first-order chi connectivity index (χ1) is 12.7. The highest BCUT2D eigenvalue weighted by Crippen LogP contribution is 2.26. The van der Waals surface area contributed by atoms with Crippen LogP contribution in [0.15, 0.2) is 60.7 Å². The van der Waals surface area contributed by atoms with Crippen molar-refractivity contribution in [2.45, 2.75) is 13.0 Å². The highest BCUT2D eigenvalue weighted by molar-refractivity contribution is 6.31. The van der Waals surface area contributed by atoms with E-state index < -0.39 is 0 Å². The highest BCUT2D eigenvalue weighted by atomic mass is 35.5. The average Bonchev–Trinajstić information content (AvgIpc) is 2.68. The molecule has 0 bridgehead atoms. The first-order valence-electron chi connectivity index (χ1n) is 8.45. The Kier molecular flexibility index (Phi) is 6.10. The van der Waals surface area contributed by atoms with E-state index >= 15 is 0 Å². The van der Waals surface area contributed by atoms with Crippen molar-refractivity contribution < 1.29 is 9.84 Å². The molecule has 26 heavy (non-hydrogen) atoms. The number of pyridine rings is 1. The number of ether oxygens (including phenoxy) is 1. The molecule has 3 aromatic rings. The molecule has 0 radical (unpaired) electrons. The molecule has 0 aliphatic heterocycles. The summed E-state index contributed by atoms with van der Waals surface area (Å²) in [6, 6.07) is 18.9.